The first-order valence-corrected chi connectivity index (χ1v) is 11.1. The van der Waals surface area contributed by atoms with Crippen molar-refractivity contribution >= 4 is 27.7 Å². The molecule has 0 saturated carbocycles. The van der Waals surface area contributed by atoms with Gasteiger partial charge < -0.3 is 14.2 Å². The Morgan fingerprint density at radius 3 is 2.26 bits per heavy atom. The molecule has 1 amide bonds. The number of hydrogen-bond donors (Lipinski definition) is 1. The zero-order chi connectivity index (χ0) is 25.0. The van der Waals surface area contributed by atoms with Crippen molar-refractivity contribution in [3.05, 3.63) is 88.7 Å². The Labute approximate surface area is 193 Å². The summed E-state index contributed by atoms with van der Waals surface area (Å²) in [4.78, 5) is 24.0. The average molecular weight is 493 g/mol. The quantitative estimate of drug-likeness (QED) is 0.300. The Morgan fingerprint density at radius 1 is 0.912 bits per heavy atom. The lowest BCUT2D eigenvalue weighted by Gasteiger charge is -2.11. The fraction of sp³-hybridized carbons (Fsp3) is 0.130. The molecule has 0 aliphatic rings. The number of aryl methyl sites for hydroxylation is 2. The van der Waals surface area contributed by atoms with Gasteiger partial charge in [0.15, 0.2) is 24.1 Å². The van der Waals surface area contributed by atoms with Crippen LogP contribution in [0, 0.1) is 31.3 Å². The maximum atomic E-state index is 13.6. The Kier molecular flexibility index (Phi) is 7.26. The molecule has 0 aliphatic carbocycles. The lowest BCUT2D eigenvalue weighted by molar-refractivity contribution is -0.119. The van der Waals surface area contributed by atoms with Crippen molar-refractivity contribution in [2.45, 2.75) is 18.7 Å². The van der Waals surface area contributed by atoms with E-state index in [0.717, 1.165) is 11.6 Å². The number of halogens is 3. The van der Waals surface area contributed by atoms with Gasteiger partial charge in [0.25, 0.3) is 5.91 Å². The smallest absolute Gasteiger partial charge is 0.339 e. The van der Waals surface area contributed by atoms with Crippen molar-refractivity contribution in [3.8, 4) is 5.75 Å². The van der Waals surface area contributed by atoms with Crippen molar-refractivity contribution in [1.29, 1.82) is 0 Å². The molecule has 0 radical (unpaired) electrons. The molecular weight excluding hydrogens is 475 g/mol. The molecule has 0 heterocycles. The third kappa shape index (κ3) is 5.73. The summed E-state index contributed by atoms with van der Waals surface area (Å²) in [7, 11) is -4.11. The molecule has 0 atom stereocenters. The molecule has 0 saturated heterocycles. The van der Waals surface area contributed by atoms with Crippen molar-refractivity contribution in [3.63, 3.8) is 0 Å². The van der Waals surface area contributed by atoms with Gasteiger partial charge in [-0.15, -0.1) is 0 Å². The van der Waals surface area contributed by atoms with Crippen LogP contribution in [0.15, 0.2) is 59.5 Å². The van der Waals surface area contributed by atoms with Gasteiger partial charge in [0.05, 0.1) is 11.3 Å². The molecule has 0 bridgehead atoms. The highest BCUT2D eigenvalue weighted by Gasteiger charge is 2.20. The van der Waals surface area contributed by atoms with Gasteiger partial charge in [0.1, 0.15) is 10.6 Å². The van der Waals surface area contributed by atoms with Crippen molar-refractivity contribution in [2.75, 3.05) is 11.9 Å². The van der Waals surface area contributed by atoms with Crippen molar-refractivity contribution in [1.82, 2.24) is 0 Å². The first kappa shape index (κ1) is 24.8. The second-order valence-corrected chi connectivity index (χ2v) is 8.69. The number of hydrogen-bond acceptors (Lipinski definition) is 6. The number of ether oxygens (including phenoxy) is 1. The zero-order valence-electron chi connectivity index (χ0n) is 17.9. The molecule has 3 aromatic carbocycles. The lowest BCUT2D eigenvalue weighted by Crippen LogP contribution is -2.21. The Balaban J connectivity index is 1.60. The number of esters is 1. The van der Waals surface area contributed by atoms with Crippen LogP contribution in [-0.2, 0) is 19.6 Å². The first-order chi connectivity index (χ1) is 16.0. The van der Waals surface area contributed by atoms with E-state index in [2.05, 4.69) is 0 Å². The van der Waals surface area contributed by atoms with Crippen LogP contribution in [-0.4, -0.2) is 26.9 Å². The number of rotatable bonds is 7. The normalized spacial score (nSPS) is 11.1. The van der Waals surface area contributed by atoms with Crippen LogP contribution < -0.4 is 9.50 Å². The Morgan fingerprint density at radius 2 is 1.59 bits per heavy atom. The zero-order valence-corrected chi connectivity index (χ0v) is 18.7. The van der Waals surface area contributed by atoms with E-state index in [1.165, 1.54) is 30.3 Å². The lowest BCUT2D eigenvalue weighted by atomic mass is 10.2. The molecule has 1 N–H and O–H groups in total. The predicted octanol–water partition coefficient (Wildman–Crippen LogP) is 4.28. The van der Waals surface area contributed by atoms with Crippen molar-refractivity contribution in [2.24, 2.45) is 0 Å². The molecule has 3 aromatic rings. The topological polar surface area (TPSA) is 98.8 Å². The highest BCUT2D eigenvalue weighted by Crippen LogP contribution is 2.23. The summed E-state index contributed by atoms with van der Waals surface area (Å²) in [5, 5.41) is 1.96. The van der Waals surface area contributed by atoms with Crippen molar-refractivity contribution < 1.29 is 40.1 Å². The van der Waals surface area contributed by atoms with Crippen LogP contribution in [0.1, 0.15) is 21.5 Å². The third-order valence-corrected chi connectivity index (χ3v) is 5.94. The van der Waals surface area contributed by atoms with Crippen LogP contribution >= 0.6 is 0 Å². The van der Waals surface area contributed by atoms with E-state index in [1.54, 1.807) is 26.0 Å². The fourth-order valence-electron chi connectivity index (χ4n) is 2.82. The number of amides is 1. The van der Waals surface area contributed by atoms with Crippen LogP contribution in [0.2, 0.25) is 0 Å². The van der Waals surface area contributed by atoms with Gasteiger partial charge in [0, 0.05) is 0 Å². The maximum Gasteiger partial charge on any atom is 0.339 e. The van der Waals surface area contributed by atoms with E-state index >= 15 is 0 Å². The van der Waals surface area contributed by atoms with E-state index in [9.17, 15) is 31.2 Å². The number of nitrogens with one attached hydrogen (secondary N) is 1. The number of carbonyl (C=O) groups is 2. The second kappa shape index (κ2) is 9.96. The summed E-state index contributed by atoms with van der Waals surface area (Å²) in [6.45, 7) is 2.54. The minimum atomic E-state index is -4.11. The van der Waals surface area contributed by atoms with E-state index in [-0.39, 0.29) is 16.2 Å². The third-order valence-electron chi connectivity index (χ3n) is 4.55. The average Bonchev–Trinajstić information content (AvgIpc) is 2.79. The predicted molar refractivity (Wildman–Crippen MR) is 115 cm³/mol. The minimum Gasteiger partial charge on any atom is -0.452 e. The summed E-state index contributed by atoms with van der Waals surface area (Å²) in [6.07, 6.45) is 0. The first-order valence-electron chi connectivity index (χ1n) is 9.70. The van der Waals surface area contributed by atoms with Crippen LogP contribution in [0.4, 0.5) is 18.9 Å². The second-order valence-electron chi connectivity index (χ2n) is 7.18. The fourth-order valence-corrected chi connectivity index (χ4v) is 4.06. The van der Waals surface area contributed by atoms with E-state index < -0.39 is 51.7 Å². The van der Waals surface area contributed by atoms with Gasteiger partial charge >= 0.3 is 16.1 Å². The summed E-state index contributed by atoms with van der Waals surface area (Å²) >= 11 is 0. The summed E-state index contributed by atoms with van der Waals surface area (Å²) in [5.41, 5.74) is 0.601. The van der Waals surface area contributed by atoms with Gasteiger partial charge in [-0.2, -0.15) is 8.42 Å². The molecular formula is C23H18F3NO6S. The SMILES string of the molecule is Cc1ccc(C)c(S(=O)(=O)Oc2ccc(C(=O)OCC(=O)Nc3ccc(F)c(F)c3F)cc2)c1. The van der Waals surface area contributed by atoms with Gasteiger partial charge in [-0.1, -0.05) is 12.1 Å². The number of benzene rings is 3. The van der Waals surface area contributed by atoms with Crippen LogP contribution in [0.3, 0.4) is 0 Å². The summed E-state index contributed by atoms with van der Waals surface area (Å²) in [6, 6.07) is 11.3. The molecule has 0 aliphatic heterocycles. The standard InChI is InChI=1S/C23H18F3NO6S/c1-13-3-4-14(2)19(11-13)34(30,31)33-16-7-5-15(6-8-16)23(29)32-12-20(28)27-18-10-9-17(24)21(25)22(18)26/h3-11H,12H2,1-2H3,(H,27,28). The summed E-state index contributed by atoms with van der Waals surface area (Å²) < 4.78 is 74.8. The molecule has 178 valence electrons. The monoisotopic (exact) mass is 493 g/mol. The van der Waals surface area contributed by atoms with E-state index in [1.807, 2.05) is 5.32 Å². The maximum absolute atomic E-state index is 13.6. The van der Waals surface area contributed by atoms with Crippen LogP contribution in [0.25, 0.3) is 0 Å². The van der Waals surface area contributed by atoms with E-state index in [0.29, 0.717) is 11.6 Å². The number of anilines is 1. The molecule has 34 heavy (non-hydrogen) atoms. The minimum absolute atomic E-state index is 0.0134. The Bertz CT molecular complexity index is 1360. The molecule has 0 aromatic heterocycles. The Hall–Kier alpha value is -3.86. The molecule has 0 fully saturated rings. The largest absolute Gasteiger partial charge is 0.452 e. The van der Waals surface area contributed by atoms with Gasteiger partial charge in [-0.05, 0) is 67.4 Å². The van der Waals surface area contributed by atoms with Gasteiger partial charge in [-0.25, -0.2) is 18.0 Å². The molecule has 11 heteroatoms. The van der Waals surface area contributed by atoms with E-state index in [4.69, 9.17) is 8.92 Å². The molecule has 0 unspecified atom stereocenters. The summed E-state index contributed by atoms with van der Waals surface area (Å²) in [5.74, 6) is -6.74. The van der Waals surface area contributed by atoms with Gasteiger partial charge in [0.2, 0.25) is 0 Å². The highest BCUT2D eigenvalue weighted by molar-refractivity contribution is 7.87. The molecule has 3 rings (SSSR count). The number of carbonyl (C=O) groups excluding carboxylic acids is 2. The molecule has 7 nitrogen and oxygen atoms in total. The van der Waals surface area contributed by atoms with Gasteiger partial charge in [-0.3, -0.25) is 4.79 Å². The van der Waals surface area contributed by atoms with Crippen LogP contribution in [0.5, 0.6) is 5.75 Å². The highest BCUT2D eigenvalue weighted by atomic mass is 32.2. The molecule has 0 spiro atoms.